The normalized spacial score (nSPS) is 18.2. The predicted octanol–water partition coefficient (Wildman–Crippen LogP) is 2.48. The van der Waals surface area contributed by atoms with Gasteiger partial charge in [0, 0.05) is 35.6 Å². The Hall–Kier alpha value is -1.92. The van der Waals surface area contributed by atoms with Crippen molar-refractivity contribution in [2.45, 2.75) is 19.9 Å². The summed E-state index contributed by atoms with van der Waals surface area (Å²) in [4.78, 5) is 19.3. The van der Waals surface area contributed by atoms with Crippen molar-refractivity contribution in [2.24, 2.45) is 11.7 Å². The third-order valence-corrected chi connectivity index (χ3v) is 5.07. The van der Waals surface area contributed by atoms with Crippen LogP contribution in [0.5, 0.6) is 0 Å². The average Bonchev–Trinajstić information content (AvgIpc) is 3.15. The van der Waals surface area contributed by atoms with Crippen LogP contribution in [0.4, 0.5) is 5.82 Å². The summed E-state index contributed by atoms with van der Waals surface area (Å²) >= 11 is 1.61. The van der Waals surface area contributed by atoms with Gasteiger partial charge in [-0.3, -0.25) is 9.69 Å². The number of carbonyl (C=O) groups is 1. The number of nitrogens with two attached hydrogens (primary N) is 1. The van der Waals surface area contributed by atoms with Gasteiger partial charge in [0.1, 0.15) is 5.82 Å². The molecule has 3 N–H and O–H groups in total. The quantitative estimate of drug-likeness (QED) is 0.853. The van der Waals surface area contributed by atoms with E-state index in [0.717, 1.165) is 37.7 Å². The second-order valence-electron chi connectivity index (χ2n) is 6.10. The molecule has 1 amide bonds. The van der Waals surface area contributed by atoms with Gasteiger partial charge in [-0.1, -0.05) is 6.07 Å². The number of primary amides is 1. The molecule has 0 spiro atoms. The van der Waals surface area contributed by atoms with Crippen molar-refractivity contribution in [3.05, 3.63) is 45.8 Å². The Balaban J connectivity index is 1.47. The largest absolute Gasteiger partial charge is 0.370 e. The number of aryl methyl sites for hydroxylation is 1. The first-order chi connectivity index (χ1) is 11.1. The highest BCUT2D eigenvalue weighted by molar-refractivity contribution is 7.10. The maximum atomic E-state index is 11.1. The van der Waals surface area contributed by atoms with Gasteiger partial charge in [0.15, 0.2) is 0 Å². The topological polar surface area (TPSA) is 71.2 Å². The number of rotatable bonds is 6. The van der Waals surface area contributed by atoms with E-state index in [0.29, 0.717) is 11.5 Å². The van der Waals surface area contributed by atoms with Crippen molar-refractivity contribution in [2.75, 3.05) is 25.0 Å². The molecule has 0 radical (unpaired) electrons. The SMILES string of the molecule is Cc1cccc(NCC2CCN(Cc3cc(C(N)=O)cs3)C2)n1. The summed E-state index contributed by atoms with van der Waals surface area (Å²) in [5.74, 6) is 1.24. The molecule has 122 valence electrons. The molecule has 1 atom stereocenters. The molecule has 1 aliphatic heterocycles. The lowest BCUT2D eigenvalue weighted by molar-refractivity contribution is 0.100. The average molecular weight is 330 g/mol. The zero-order chi connectivity index (χ0) is 16.2. The Kier molecular flexibility index (Phi) is 4.93. The number of hydrogen-bond donors (Lipinski definition) is 2. The highest BCUT2D eigenvalue weighted by Crippen LogP contribution is 2.22. The van der Waals surface area contributed by atoms with Gasteiger partial charge < -0.3 is 11.1 Å². The molecule has 2 aromatic rings. The van der Waals surface area contributed by atoms with Gasteiger partial charge >= 0.3 is 0 Å². The van der Waals surface area contributed by atoms with Crippen LogP contribution >= 0.6 is 11.3 Å². The first-order valence-electron chi connectivity index (χ1n) is 7.87. The number of likely N-dealkylation sites (tertiary alicyclic amines) is 1. The maximum absolute atomic E-state index is 11.1. The molecule has 0 aromatic carbocycles. The van der Waals surface area contributed by atoms with Crippen LogP contribution in [0.3, 0.4) is 0 Å². The van der Waals surface area contributed by atoms with E-state index in [-0.39, 0.29) is 5.91 Å². The molecular formula is C17H22N4OS. The first kappa shape index (κ1) is 16.0. The number of anilines is 1. The van der Waals surface area contributed by atoms with Crippen LogP contribution in [0.25, 0.3) is 0 Å². The van der Waals surface area contributed by atoms with Crippen molar-refractivity contribution < 1.29 is 4.79 Å². The number of nitrogens with zero attached hydrogens (tertiary/aromatic N) is 2. The van der Waals surface area contributed by atoms with Gasteiger partial charge in [-0.05, 0) is 44.0 Å². The molecule has 1 unspecified atom stereocenters. The summed E-state index contributed by atoms with van der Waals surface area (Å²) in [6.45, 7) is 6.02. The molecule has 1 aliphatic rings. The van der Waals surface area contributed by atoms with Crippen molar-refractivity contribution in [3.63, 3.8) is 0 Å². The third kappa shape index (κ3) is 4.30. The van der Waals surface area contributed by atoms with E-state index < -0.39 is 0 Å². The third-order valence-electron chi connectivity index (χ3n) is 4.15. The Labute approximate surface area is 140 Å². The van der Waals surface area contributed by atoms with Gasteiger partial charge in [-0.2, -0.15) is 0 Å². The molecule has 5 nitrogen and oxygen atoms in total. The lowest BCUT2D eigenvalue weighted by Gasteiger charge is -2.15. The summed E-state index contributed by atoms with van der Waals surface area (Å²) in [5.41, 5.74) is 6.95. The Morgan fingerprint density at radius 2 is 2.39 bits per heavy atom. The summed E-state index contributed by atoms with van der Waals surface area (Å²) in [5, 5.41) is 5.28. The number of carbonyl (C=O) groups excluding carboxylic acids is 1. The van der Waals surface area contributed by atoms with E-state index >= 15 is 0 Å². The summed E-state index contributed by atoms with van der Waals surface area (Å²) in [6, 6.07) is 7.95. The maximum Gasteiger partial charge on any atom is 0.249 e. The van der Waals surface area contributed by atoms with Crippen molar-refractivity contribution in [1.82, 2.24) is 9.88 Å². The van der Waals surface area contributed by atoms with E-state index in [4.69, 9.17) is 5.73 Å². The fraction of sp³-hybridized carbons (Fsp3) is 0.412. The molecule has 1 fully saturated rings. The zero-order valence-electron chi connectivity index (χ0n) is 13.3. The number of aromatic nitrogens is 1. The fourth-order valence-electron chi connectivity index (χ4n) is 2.93. The van der Waals surface area contributed by atoms with Crippen LogP contribution < -0.4 is 11.1 Å². The van der Waals surface area contributed by atoms with Crippen LogP contribution in [0.2, 0.25) is 0 Å². The van der Waals surface area contributed by atoms with Crippen molar-refractivity contribution in [3.8, 4) is 0 Å². The second-order valence-corrected chi connectivity index (χ2v) is 7.10. The zero-order valence-corrected chi connectivity index (χ0v) is 14.1. The van der Waals surface area contributed by atoms with Crippen LogP contribution in [-0.2, 0) is 6.54 Å². The van der Waals surface area contributed by atoms with E-state index in [9.17, 15) is 4.79 Å². The Morgan fingerprint density at radius 1 is 1.52 bits per heavy atom. The number of nitrogens with one attached hydrogen (secondary N) is 1. The molecule has 6 heteroatoms. The van der Waals surface area contributed by atoms with E-state index in [1.807, 2.05) is 36.6 Å². The van der Waals surface area contributed by atoms with E-state index in [2.05, 4.69) is 15.2 Å². The smallest absolute Gasteiger partial charge is 0.249 e. The number of amides is 1. The predicted molar refractivity (Wildman–Crippen MR) is 93.7 cm³/mol. The molecule has 3 rings (SSSR count). The number of hydrogen-bond acceptors (Lipinski definition) is 5. The highest BCUT2D eigenvalue weighted by Gasteiger charge is 2.23. The Bertz CT molecular complexity index is 685. The van der Waals surface area contributed by atoms with Gasteiger partial charge in [-0.25, -0.2) is 4.98 Å². The molecule has 3 heterocycles. The minimum Gasteiger partial charge on any atom is -0.370 e. The summed E-state index contributed by atoms with van der Waals surface area (Å²) < 4.78 is 0. The summed E-state index contributed by atoms with van der Waals surface area (Å²) in [6.07, 6.45) is 1.19. The standard InChI is InChI=1S/C17H22N4OS/c1-12-3-2-4-16(20-12)19-8-13-5-6-21(9-13)10-15-7-14(11-23-15)17(18)22/h2-4,7,11,13H,5-6,8-10H2,1H3,(H2,18,22)(H,19,20). The van der Waals surface area contributed by atoms with E-state index in [1.165, 1.54) is 11.3 Å². The lowest BCUT2D eigenvalue weighted by atomic mass is 10.1. The Morgan fingerprint density at radius 3 is 3.13 bits per heavy atom. The molecule has 23 heavy (non-hydrogen) atoms. The monoisotopic (exact) mass is 330 g/mol. The molecule has 0 bridgehead atoms. The minimum atomic E-state index is -0.346. The van der Waals surface area contributed by atoms with Gasteiger partial charge in [0.2, 0.25) is 5.91 Å². The van der Waals surface area contributed by atoms with Crippen LogP contribution in [0, 0.1) is 12.8 Å². The van der Waals surface area contributed by atoms with E-state index in [1.54, 1.807) is 11.3 Å². The van der Waals surface area contributed by atoms with Crippen LogP contribution in [0.1, 0.15) is 27.3 Å². The highest BCUT2D eigenvalue weighted by atomic mass is 32.1. The van der Waals surface area contributed by atoms with Gasteiger partial charge in [0.25, 0.3) is 0 Å². The fourth-order valence-corrected chi connectivity index (χ4v) is 3.84. The van der Waals surface area contributed by atoms with Crippen LogP contribution in [-0.4, -0.2) is 35.4 Å². The molecule has 1 saturated heterocycles. The molecule has 0 aliphatic carbocycles. The molecule has 2 aromatic heterocycles. The van der Waals surface area contributed by atoms with Crippen molar-refractivity contribution >= 4 is 23.1 Å². The lowest BCUT2D eigenvalue weighted by Crippen LogP contribution is -2.22. The summed E-state index contributed by atoms with van der Waals surface area (Å²) in [7, 11) is 0. The molecular weight excluding hydrogens is 308 g/mol. The van der Waals surface area contributed by atoms with Gasteiger partial charge in [0.05, 0.1) is 5.56 Å². The number of thiophene rings is 1. The van der Waals surface area contributed by atoms with Crippen molar-refractivity contribution in [1.29, 1.82) is 0 Å². The second kappa shape index (κ2) is 7.10. The first-order valence-corrected chi connectivity index (χ1v) is 8.75. The van der Waals surface area contributed by atoms with Crippen LogP contribution in [0.15, 0.2) is 29.6 Å². The number of pyridine rings is 1. The molecule has 0 saturated carbocycles. The van der Waals surface area contributed by atoms with Gasteiger partial charge in [-0.15, -0.1) is 11.3 Å². The minimum absolute atomic E-state index is 0.346.